The maximum atomic E-state index is 12.3. The number of para-hydroxylation sites is 1. The van der Waals surface area contributed by atoms with Crippen molar-refractivity contribution in [2.24, 2.45) is 0 Å². The van der Waals surface area contributed by atoms with Crippen LogP contribution in [0.25, 0.3) is 11.0 Å². The van der Waals surface area contributed by atoms with Crippen LogP contribution in [0.2, 0.25) is 0 Å². The molecule has 1 amide bonds. The lowest BCUT2D eigenvalue weighted by Crippen LogP contribution is -2.32. The highest BCUT2D eigenvalue weighted by Crippen LogP contribution is 2.19. The quantitative estimate of drug-likeness (QED) is 0.720. The van der Waals surface area contributed by atoms with E-state index in [9.17, 15) is 14.7 Å². The summed E-state index contributed by atoms with van der Waals surface area (Å²) in [7, 11) is 0. The number of carbonyl (C=O) groups is 1. The number of hydrogen-bond donors (Lipinski definition) is 2. The Bertz CT molecular complexity index is 895. The van der Waals surface area contributed by atoms with Crippen LogP contribution in [-0.2, 0) is 0 Å². The highest BCUT2D eigenvalue weighted by molar-refractivity contribution is 5.99. The fraction of sp³-hybridized carbons (Fsp3) is 0.176. The van der Waals surface area contributed by atoms with Crippen LogP contribution in [0, 0.1) is 6.92 Å². The molecule has 1 aromatic carbocycles. The minimum atomic E-state index is -0.984. The number of carbonyl (C=O) groups excluding carboxylic acids is 1. The Kier molecular flexibility index (Phi) is 3.99. The van der Waals surface area contributed by atoms with Gasteiger partial charge in [0, 0.05) is 5.39 Å². The van der Waals surface area contributed by atoms with E-state index in [4.69, 9.17) is 8.83 Å². The van der Waals surface area contributed by atoms with Gasteiger partial charge in [-0.15, -0.1) is 0 Å². The molecule has 0 fully saturated rings. The summed E-state index contributed by atoms with van der Waals surface area (Å²) in [5, 5.41) is 13.1. The molecule has 3 rings (SSSR count). The SMILES string of the molecule is Cc1c(C(=O)NCC(O)c2ccco2)c(=O)oc2ccccc12. The first kappa shape index (κ1) is 15.1. The first-order valence-corrected chi connectivity index (χ1v) is 7.10. The second-order valence-corrected chi connectivity index (χ2v) is 5.13. The van der Waals surface area contributed by atoms with Gasteiger partial charge in [0.1, 0.15) is 23.0 Å². The monoisotopic (exact) mass is 313 g/mol. The highest BCUT2D eigenvalue weighted by Gasteiger charge is 2.19. The Balaban J connectivity index is 1.85. The largest absolute Gasteiger partial charge is 0.467 e. The molecule has 6 nitrogen and oxygen atoms in total. The summed E-state index contributed by atoms with van der Waals surface area (Å²) in [6.45, 7) is 1.62. The fourth-order valence-corrected chi connectivity index (χ4v) is 2.43. The molecule has 2 N–H and O–H groups in total. The Labute approximate surface area is 131 Å². The average molecular weight is 313 g/mol. The molecule has 3 aromatic rings. The summed E-state index contributed by atoms with van der Waals surface area (Å²) in [5.41, 5.74) is 0.213. The molecule has 23 heavy (non-hydrogen) atoms. The number of furan rings is 1. The van der Waals surface area contributed by atoms with Gasteiger partial charge in [0.25, 0.3) is 5.91 Å². The van der Waals surface area contributed by atoms with Gasteiger partial charge in [0.15, 0.2) is 0 Å². The molecule has 0 spiro atoms. The van der Waals surface area contributed by atoms with Crippen molar-refractivity contribution in [2.45, 2.75) is 13.0 Å². The molecule has 0 bridgehead atoms. The Hall–Kier alpha value is -2.86. The van der Waals surface area contributed by atoms with Gasteiger partial charge in [0.2, 0.25) is 0 Å². The van der Waals surface area contributed by atoms with E-state index < -0.39 is 17.6 Å². The van der Waals surface area contributed by atoms with E-state index in [1.807, 2.05) is 0 Å². The summed E-state index contributed by atoms with van der Waals surface area (Å²) in [6, 6.07) is 10.3. The summed E-state index contributed by atoms with van der Waals surface area (Å²) in [6.07, 6.45) is 0.449. The normalized spacial score (nSPS) is 12.3. The molecule has 0 saturated carbocycles. The van der Waals surface area contributed by atoms with Crippen LogP contribution in [0.3, 0.4) is 0 Å². The third kappa shape index (κ3) is 2.89. The number of nitrogens with one attached hydrogen (secondary N) is 1. The Morgan fingerprint density at radius 1 is 1.26 bits per heavy atom. The first-order chi connectivity index (χ1) is 11.1. The lowest BCUT2D eigenvalue weighted by molar-refractivity contribution is 0.0897. The van der Waals surface area contributed by atoms with Crippen LogP contribution < -0.4 is 10.9 Å². The number of aliphatic hydroxyl groups is 1. The van der Waals surface area contributed by atoms with Crippen molar-refractivity contribution in [1.82, 2.24) is 5.32 Å². The Morgan fingerprint density at radius 3 is 2.78 bits per heavy atom. The van der Waals surface area contributed by atoms with Crippen molar-refractivity contribution in [3.05, 3.63) is 70.0 Å². The molecule has 1 atom stereocenters. The van der Waals surface area contributed by atoms with Crippen molar-refractivity contribution in [2.75, 3.05) is 6.54 Å². The summed E-state index contributed by atoms with van der Waals surface area (Å²) in [4.78, 5) is 24.4. The zero-order valence-electron chi connectivity index (χ0n) is 12.4. The van der Waals surface area contributed by atoms with Gasteiger partial charge < -0.3 is 19.3 Å². The van der Waals surface area contributed by atoms with Gasteiger partial charge in [-0.3, -0.25) is 4.79 Å². The smallest absolute Gasteiger partial charge is 0.349 e. The van der Waals surface area contributed by atoms with Crippen LogP contribution in [-0.4, -0.2) is 17.6 Å². The standard InChI is InChI=1S/C17H15NO5/c1-10-11-5-2-3-6-13(11)23-17(21)15(10)16(20)18-9-12(19)14-7-4-8-22-14/h2-8,12,19H,9H2,1H3,(H,18,20). The first-order valence-electron chi connectivity index (χ1n) is 7.10. The zero-order valence-corrected chi connectivity index (χ0v) is 12.4. The van der Waals surface area contributed by atoms with E-state index in [0.29, 0.717) is 22.3 Å². The molecular formula is C17H15NO5. The second-order valence-electron chi connectivity index (χ2n) is 5.13. The third-order valence-electron chi connectivity index (χ3n) is 3.63. The van der Waals surface area contributed by atoms with Gasteiger partial charge in [-0.25, -0.2) is 4.79 Å². The topological polar surface area (TPSA) is 92.7 Å². The minimum Gasteiger partial charge on any atom is -0.467 e. The summed E-state index contributed by atoms with van der Waals surface area (Å²) >= 11 is 0. The third-order valence-corrected chi connectivity index (χ3v) is 3.63. The van der Waals surface area contributed by atoms with Crippen molar-refractivity contribution in [3.8, 4) is 0 Å². The van der Waals surface area contributed by atoms with Crippen molar-refractivity contribution >= 4 is 16.9 Å². The lowest BCUT2D eigenvalue weighted by Gasteiger charge is -2.11. The molecular weight excluding hydrogens is 298 g/mol. The van der Waals surface area contributed by atoms with Gasteiger partial charge >= 0.3 is 5.63 Å². The summed E-state index contributed by atoms with van der Waals surface area (Å²) < 4.78 is 10.2. The van der Waals surface area contributed by atoms with Crippen LogP contribution in [0.4, 0.5) is 0 Å². The van der Waals surface area contributed by atoms with Gasteiger partial charge in [0.05, 0.1) is 12.8 Å². The van der Waals surface area contributed by atoms with Crippen LogP contribution in [0.5, 0.6) is 0 Å². The molecule has 1 unspecified atom stereocenters. The second kappa shape index (κ2) is 6.10. The maximum Gasteiger partial charge on any atom is 0.349 e. The van der Waals surface area contributed by atoms with E-state index in [0.717, 1.165) is 0 Å². The predicted octanol–water partition coefficient (Wildman–Crippen LogP) is 2.16. The average Bonchev–Trinajstić information content (AvgIpc) is 3.07. The molecule has 6 heteroatoms. The van der Waals surface area contributed by atoms with Gasteiger partial charge in [-0.05, 0) is 30.7 Å². The number of aliphatic hydroxyl groups excluding tert-OH is 1. The van der Waals surface area contributed by atoms with Crippen LogP contribution >= 0.6 is 0 Å². The Morgan fingerprint density at radius 2 is 2.04 bits per heavy atom. The molecule has 2 aromatic heterocycles. The van der Waals surface area contributed by atoms with Crippen molar-refractivity contribution < 1.29 is 18.7 Å². The number of aryl methyl sites for hydroxylation is 1. The summed E-state index contributed by atoms with van der Waals surface area (Å²) in [5.74, 6) is -0.250. The van der Waals surface area contributed by atoms with E-state index in [2.05, 4.69) is 5.32 Å². The van der Waals surface area contributed by atoms with E-state index in [1.54, 1.807) is 43.3 Å². The van der Waals surface area contributed by atoms with Crippen molar-refractivity contribution in [3.63, 3.8) is 0 Å². The van der Waals surface area contributed by atoms with Crippen molar-refractivity contribution in [1.29, 1.82) is 0 Å². The molecule has 0 radical (unpaired) electrons. The molecule has 0 aliphatic rings. The van der Waals surface area contributed by atoms with Gasteiger partial charge in [-0.2, -0.15) is 0 Å². The van der Waals surface area contributed by atoms with Crippen LogP contribution in [0.1, 0.15) is 27.8 Å². The minimum absolute atomic E-state index is 0.0599. The van der Waals surface area contributed by atoms with E-state index >= 15 is 0 Å². The molecule has 2 heterocycles. The van der Waals surface area contributed by atoms with Crippen LogP contribution in [0.15, 0.2) is 56.3 Å². The van der Waals surface area contributed by atoms with E-state index in [1.165, 1.54) is 6.26 Å². The number of amides is 1. The fourth-order valence-electron chi connectivity index (χ4n) is 2.43. The van der Waals surface area contributed by atoms with Gasteiger partial charge in [-0.1, -0.05) is 18.2 Å². The maximum absolute atomic E-state index is 12.3. The number of benzene rings is 1. The highest BCUT2D eigenvalue weighted by atomic mass is 16.4. The molecule has 0 aliphatic carbocycles. The molecule has 0 aliphatic heterocycles. The number of fused-ring (bicyclic) bond motifs is 1. The zero-order chi connectivity index (χ0) is 16.4. The molecule has 118 valence electrons. The number of rotatable bonds is 4. The molecule has 0 saturated heterocycles. The number of hydrogen-bond acceptors (Lipinski definition) is 5. The van der Waals surface area contributed by atoms with E-state index in [-0.39, 0.29) is 12.1 Å². The lowest BCUT2D eigenvalue weighted by atomic mass is 10.1. The predicted molar refractivity (Wildman–Crippen MR) is 83.2 cm³/mol.